The van der Waals surface area contributed by atoms with Crippen LogP contribution >= 0.6 is 27.7 Å². The molecule has 0 bridgehead atoms. The first-order valence-electron chi connectivity index (χ1n) is 8.74. The number of thioether (sulfide) groups is 1. The second-order valence-corrected chi connectivity index (χ2v) is 7.96. The predicted octanol–water partition coefficient (Wildman–Crippen LogP) is 5.09. The van der Waals surface area contributed by atoms with Crippen LogP contribution in [0.2, 0.25) is 0 Å². The quantitative estimate of drug-likeness (QED) is 0.323. The molecule has 0 unspecified atom stereocenters. The first kappa shape index (κ1) is 20.4. The smallest absolute Gasteiger partial charge is 0.326 e. The first-order chi connectivity index (χ1) is 13.5. The van der Waals surface area contributed by atoms with Gasteiger partial charge in [0.25, 0.3) is 11.1 Å². The molecule has 1 aliphatic heterocycles. The molecule has 0 aliphatic carbocycles. The van der Waals surface area contributed by atoms with Gasteiger partial charge < -0.3 is 9.15 Å². The standard InChI is InChI=1S/C20H18BrNO5S/c1-2-3-10-26-18(23)12-22-19(24)17(28-20(22)25)11-15-8-9-16(27-15)13-4-6-14(21)7-5-13/h4-9,11H,2-3,10,12H2,1H3/b17-11+. The van der Waals surface area contributed by atoms with Gasteiger partial charge in [0.05, 0.1) is 11.5 Å². The summed E-state index contributed by atoms with van der Waals surface area (Å²) in [6, 6.07) is 11.1. The van der Waals surface area contributed by atoms with Gasteiger partial charge in [0.2, 0.25) is 0 Å². The number of hydrogen-bond acceptors (Lipinski definition) is 6. The molecule has 1 aromatic heterocycles. The summed E-state index contributed by atoms with van der Waals surface area (Å²) in [5, 5.41) is -0.497. The van der Waals surface area contributed by atoms with E-state index >= 15 is 0 Å². The van der Waals surface area contributed by atoms with Gasteiger partial charge in [-0.05, 0) is 42.4 Å². The van der Waals surface area contributed by atoms with Crippen molar-refractivity contribution in [3.05, 3.63) is 51.5 Å². The van der Waals surface area contributed by atoms with Crippen molar-refractivity contribution in [1.29, 1.82) is 0 Å². The number of ether oxygens (including phenoxy) is 1. The molecular weight excluding hydrogens is 446 g/mol. The van der Waals surface area contributed by atoms with Crippen molar-refractivity contribution in [1.82, 2.24) is 4.90 Å². The van der Waals surface area contributed by atoms with Crippen LogP contribution in [0.5, 0.6) is 0 Å². The Kier molecular flexibility index (Phi) is 6.74. The predicted molar refractivity (Wildman–Crippen MR) is 110 cm³/mol. The summed E-state index contributed by atoms with van der Waals surface area (Å²) >= 11 is 4.16. The molecule has 2 amide bonds. The monoisotopic (exact) mass is 463 g/mol. The number of amides is 2. The van der Waals surface area contributed by atoms with Crippen LogP contribution in [0.4, 0.5) is 4.79 Å². The summed E-state index contributed by atoms with van der Waals surface area (Å²) in [6.07, 6.45) is 3.14. The molecule has 0 radical (unpaired) electrons. The van der Waals surface area contributed by atoms with E-state index in [1.165, 1.54) is 6.08 Å². The van der Waals surface area contributed by atoms with Crippen molar-refractivity contribution in [3.8, 4) is 11.3 Å². The van der Waals surface area contributed by atoms with Gasteiger partial charge in [-0.15, -0.1) is 0 Å². The van der Waals surface area contributed by atoms with Crippen molar-refractivity contribution in [2.24, 2.45) is 0 Å². The van der Waals surface area contributed by atoms with E-state index in [9.17, 15) is 14.4 Å². The molecule has 1 saturated heterocycles. The molecule has 1 aliphatic rings. The Labute approximate surface area is 175 Å². The summed E-state index contributed by atoms with van der Waals surface area (Å²) in [5.41, 5.74) is 0.894. The zero-order valence-corrected chi connectivity index (χ0v) is 17.5. The van der Waals surface area contributed by atoms with Gasteiger partial charge in [0, 0.05) is 16.1 Å². The molecule has 1 fully saturated rings. The van der Waals surface area contributed by atoms with Crippen molar-refractivity contribution in [2.45, 2.75) is 19.8 Å². The zero-order valence-electron chi connectivity index (χ0n) is 15.1. The summed E-state index contributed by atoms with van der Waals surface area (Å²) in [7, 11) is 0. The van der Waals surface area contributed by atoms with E-state index in [2.05, 4.69) is 15.9 Å². The van der Waals surface area contributed by atoms with E-state index in [0.29, 0.717) is 11.5 Å². The van der Waals surface area contributed by atoms with Crippen molar-refractivity contribution < 1.29 is 23.5 Å². The maximum absolute atomic E-state index is 12.5. The highest BCUT2D eigenvalue weighted by atomic mass is 79.9. The lowest BCUT2D eigenvalue weighted by Crippen LogP contribution is -2.34. The number of carbonyl (C=O) groups is 3. The minimum Gasteiger partial charge on any atom is -0.464 e. The van der Waals surface area contributed by atoms with E-state index in [1.54, 1.807) is 12.1 Å². The highest BCUT2D eigenvalue weighted by Gasteiger charge is 2.36. The van der Waals surface area contributed by atoms with Gasteiger partial charge in [-0.1, -0.05) is 41.4 Å². The van der Waals surface area contributed by atoms with Gasteiger partial charge >= 0.3 is 5.97 Å². The van der Waals surface area contributed by atoms with E-state index in [0.717, 1.165) is 39.5 Å². The number of benzene rings is 1. The average Bonchev–Trinajstić information content (AvgIpc) is 3.23. The third-order valence-corrected chi connectivity index (χ3v) is 5.39. The van der Waals surface area contributed by atoms with Crippen molar-refractivity contribution >= 4 is 50.9 Å². The number of nitrogens with zero attached hydrogens (tertiary/aromatic N) is 1. The number of furan rings is 1. The van der Waals surface area contributed by atoms with Crippen LogP contribution in [-0.2, 0) is 14.3 Å². The normalized spacial score (nSPS) is 15.5. The Morgan fingerprint density at radius 3 is 2.68 bits per heavy atom. The van der Waals surface area contributed by atoms with E-state index in [4.69, 9.17) is 9.15 Å². The Morgan fingerprint density at radius 2 is 1.96 bits per heavy atom. The molecular formula is C20H18BrNO5S. The number of hydrogen-bond donors (Lipinski definition) is 0. The topological polar surface area (TPSA) is 76.8 Å². The molecule has 8 heteroatoms. The third-order valence-electron chi connectivity index (χ3n) is 3.95. The number of unbranched alkanes of at least 4 members (excludes halogenated alkanes) is 1. The lowest BCUT2D eigenvalue weighted by atomic mass is 10.2. The summed E-state index contributed by atoms with van der Waals surface area (Å²) < 4.78 is 11.7. The van der Waals surface area contributed by atoms with E-state index < -0.39 is 17.1 Å². The van der Waals surface area contributed by atoms with Gasteiger partial charge in [-0.25, -0.2) is 0 Å². The Hall–Kier alpha value is -2.32. The fraction of sp³-hybridized carbons (Fsp3) is 0.250. The fourth-order valence-corrected chi connectivity index (χ4v) is 3.55. The molecule has 3 rings (SSSR count). The maximum Gasteiger partial charge on any atom is 0.326 e. The number of imide groups is 1. The third kappa shape index (κ3) is 4.94. The van der Waals surface area contributed by atoms with Crippen LogP contribution in [0.1, 0.15) is 25.5 Å². The van der Waals surface area contributed by atoms with Crippen LogP contribution in [0.25, 0.3) is 17.4 Å². The molecule has 146 valence electrons. The molecule has 0 atom stereocenters. The first-order valence-corrected chi connectivity index (χ1v) is 10.4. The molecule has 28 heavy (non-hydrogen) atoms. The second kappa shape index (κ2) is 9.25. The Morgan fingerprint density at radius 1 is 1.21 bits per heavy atom. The molecule has 0 spiro atoms. The summed E-state index contributed by atoms with van der Waals surface area (Å²) in [6.45, 7) is 1.88. The number of rotatable bonds is 7. The van der Waals surface area contributed by atoms with Crippen LogP contribution in [0.15, 0.2) is 50.2 Å². The fourth-order valence-electron chi connectivity index (χ4n) is 2.47. The largest absolute Gasteiger partial charge is 0.464 e. The Bertz CT molecular complexity index is 919. The molecule has 2 aromatic rings. The molecule has 2 heterocycles. The van der Waals surface area contributed by atoms with E-state index in [1.807, 2.05) is 31.2 Å². The SMILES string of the molecule is CCCCOC(=O)CN1C(=O)S/C(=C/c2ccc(-c3ccc(Br)cc3)o2)C1=O. The average molecular weight is 464 g/mol. The summed E-state index contributed by atoms with van der Waals surface area (Å²) in [4.78, 5) is 37.5. The second-order valence-electron chi connectivity index (χ2n) is 6.05. The minimum atomic E-state index is -0.590. The van der Waals surface area contributed by atoms with Crippen molar-refractivity contribution in [2.75, 3.05) is 13.2 Å². The number of carbonyl (C=O) groups excluding carboxylic acids is 3. The maximum atomic E-state index is 12.5. The van der Waals surface area contributed by atoms with Crippen LogP contribution in [0, 0.1) is 0 Å². The number of halogens is 1. The van der Waals surface area contributed by atoms with Crippen LogP contribution < -0.4 is 0 Å². The minimum absolute atomic E-state index is 0.211. The highest BCUT2D eigenvalue weighted by molar-refractivity contribution is 9.10. The van der Waals surface area contributed by atoms with Crippen LogP contribution in [-0.4, -0.2) is 35.2 Å². The van der Waals surface area contributed by atoms with E-state index in [-0.39, 0.29) is 18.1 Å². The summed E-state index contributed by atoms with van der Waals surface area (Å²) in [5.74, 6) is -0.0111. The molecule has 6 nitrogen and oxygen atoms in total. The lowest BCUT2D eigenvalue weighted by Gasteiger charge is -2.11. The Balaban J connectivity index is 1.68. The lowest BCUT2D eigenvalue weighted by molar-refractivity contribution is -0.146. The highest BCUT2D eigenvalue weighted by Crippen LogP contribution is 2.33. The van der Waals surface area contributed by atoms with Gasteiger partial charge in [0.15, 0.2) is 0 Å². The van der Waals surface area contributed by atoms with Crippen molar-refractivity contribution in [3.63, 3.8) is 0 Å². The zero-order chi connectivity index (χ0) is 20.1. The van der Waals surface area contributed by atoms with Gasteiger partial charge in [-0.2, -0.15) is 0 Å². The number of esters is 1. The van der Waals surface area contributed by atoms with Gasteiger partial charge in [-0.3, -0.25) is 19.3 Å². The molecule has 0 saturated carbocycles. The molecule has 0 N–H and O–H groups in total. The van der Waals surface area contributed by atoms with Crippen LogP contribution in [0.3, 0.4) is 0 Å². The van der Waals surface area contributed by atoms with Gasteiger partial charge in [0.1, 0.15) is 18.1 Å². The molecule has 1 aromatic carbocycles.